The van der Waals surface area contributed by atoms with Gasteiger partial charge in [-0.2, -0.15) is 21.0 Å². The summed E-state index contributed by atoms with van der Waals surface area (Å²) in [6.07, 6.45) is -8.96. The summed E-state index contributed by atoms with van der Waals surface area (Å²) in [5, 5.41) is 81.8. The molecule has 0 aromatic heterocycles. The van der Waals surface area contributed by atoms with Gasteiger partial charge >= 0.3 is 0 Å². The highest BCUT2D eigenvalue weighted by Gasteiger charge is 2.52. The Morgan fingerprint density at radius 1 is 0.955 bits per heavy atom. The van der Waals surface area contributed by atoms with Crippen molar-refractivity contribution in [2.24, 2.45) is 11.3 Å². The van der Waals surface area contributed by atoms with E-state index in [4.69, 9.17) is 31.3 Å². The van der Waals surface area contributed by atoms with Crippen molar-refractivity contribution < 1.29 is 30.3 Å². The molecule has 4 atom stereocenters. The maximum Gasteiger partial charge on any atom is 0.232 e. The van der Waals surface area contributed by atoms with E-state index in [1.54, 1.807) is 0 Å². The SMILES string of the molecule is N#CC(C#N)C(C#N)(C#N)C(=O)[C@H](O)[C@@H](O)[C@H](O)[C@H](O)CO. The Morgan fingerprint density at radius 2 is 1.41 bits per heavy atom. The van der Waals surface area contributed by atoms with Crippen LogP contribution in [-0.2, 0) is 4.79 Å². The average molecular weight is 308 g/mol. The van der Waals surface area contributed by atoms with Crippen molar-refractivity contribution in [2.45, 2.75) is 24.4 Å². The van der Waals surface area contributed by atoms with Crippen molar-refractivity contribution in [3.63, 3.8) is 0 Å². The van der Waals surface area contributed by atoms with Crippen LogP contribution in [0.25, 0.3) is 0 Å². The Hall–Kier alpha value is -2.57. The topological polar surface area (TPSA) is 213 Å². The zero-order valence-corrected chi connectivity index (χ0v) is 11.0. The van der Waals surface area contributed by atoms with E-state index < -0.39 is 48.1 Å². The number of aliphatic hydroxyl groups is 5. The van der Waals surface area contributed by atoms with Crippen LogP contribution >= 0.6 is 0 Å². The Kier molecular flexibility index (Phi) is 7.08. The lowest BCUT2D eigenvalue weighted by Gasteiger charge is -2.28. The van der Waals surface area contributed by atoms with Gasteiger partial charge in [-0.05, 0) is 0 Å². The smallest absolute Gasteiger partial charge is 0.232 e. The predicted octanol–water partition coefficient (Wildman–Crippen LogP) is -3.31. The van der Waals surface area contributed by atoms with E-state index in [2.05, 4.69) is 0 Å². The van der Waals surface area contributed by atoms with Crippen molar-refractivity contribution in [3.05, 3.63) is 0 Å². The first kappa shape index (κ1) is 19.4. The van der Waals surface area contributed by atoms with Gasteiger partial charge in [-0.25, -0.2) is 0 Å². The summed E-state index contributed by atoms with van der Waals surface area (Å²) in [6.45, 7) is -1.00. The first-order valence-electron chi connectivity index (χ1n) is 5.76. The molecule has 0 fully saturated rings. The molecule has 10 nitrogen and oxygen atoms in total. The van der Waals surface area contributed by atoms with Gasteiger partial charge in [-0.3, -0.25) is 4.79 Å². The molecule has 0 heterocycles. The van der Waals surface area contributed by atoms with Gasteiger partial charge in [0.2, 0.25) is 11.2 Å². The molecule has 22 heavy (non-hydrogen) atoms. The lowest BCUT2D eigenvalue weighted by molar-refractivity contribution is -0.152. The minimum Gasteiger partial charge on any atom is -0.394 e. The fraction of sp³-hybridized carbons (Fsp3) is 0.583. The Labute approximate surface area is 124 Å². The molecule has 0 aliphatic rings. The second-order valence-corrected chi connectivity index (χ2v) is 4.26. The summed E-state index contributed by atoms with van der Waals surface area (Å²) in [6, 6.07) is 4.85. The van der Waals surface area contributed by atoms with E-state index in [-0.39, 0.29) is 0 Å². The first-order chi connectivity index (χ1) is 10.3. The highest BCUT2D eigenvalue weighted by atomic mass is 16.4. The molecule has 0 aromatic rings. The molecule has 0 aliphatic carbocycles. The second kappa shape index (κ2) is 8.02. The number of rotatable bonds is 7. The Bertz CT molecular complexity index is 552. The minimum atomic E-state index is -2.88. The van der Waals surface area contributed by atoms with E-state index >= 15 is 0 Å². The summed E-state index contributed by atoms with van der Waals surface area (Å²) in [7, 11) is 0. The van der Waals surface area contributed by atoms with Gasteiger partial charge in [-0.1, -0.05) is 0 Å². The molecule has 0 aromatic carbocycles. The maximum atomic E-state index is 12.0. The molecule has 0 saturated heterocycles. The number of aliphatic hydroxyl groups excluding tert-OH is 5. The van der Waals surface area contributed by atoms with Crippen molar-refractivity contribution in [2.75, 3.05) is 6.61 Å². The summed E-state index contributed by atoms with van der Waals surface area (Å²) >= 11 is 0. The average Bonchev–Trinajstić information content (AvgIpc) is 2.56. The normalized spacial score (nSPS) is 16.3. The Balaban J connectivity index is 5.64. The van der Waals surface area contributed by atoms with Gasteiger partial charge in [0.15, 0.2) is 5.92 Å². The zero-order chi connectivity index (χ0) is 17.5. The largest absolute Gasteiger partial charge is 0.394 e. The third kappa shape index (κ3) is 3.36. The van der Waals surface area contributed by atoms with Crippen LogP contribution in [0.4, 0.5) is 0 Å². The van der Waals surface area contributed by atoms with E-state index in [9.17, 15) is 20.1 Å². The molecular formula is C12H12N4O6. The lowest BCUT2D eigenvalue weighted by Crippen LogP contribution is -2.53. The third-order valence-electron chi connectivity index (χ3n) is 2.96. The Morgan fingerprint density at radius 3 is 1.73 bits per heavy atom. The zero-order valence-electron chi connectivity index (χ0n) is 11.0. The van der Waals surface area contributed by atoms with Crippen LogP contribution in [0.15, 0.2) is 0 Å². The van der Waals surface area contributed by atoms with Crippen molar-refractivity contribution in [1.82, 2.24) is 0 Å². The first-order valence-corrected chi connectivity index (χ1v) is 5.76. The molecule has 5 N–H and O–H groups in total. The number of carbonyl (C=O) groups is 1. The molecule has 0 saturated carbocycles. The number of nitriles is 4. The number of carbonyl (C=O) groups excluding carboxylic acids is 1. The number of hydrogen-bond acceptors (Lipinski definition) is 10. The monoisotopic (exact) mass is 308 g/mol. The van der Waals surface area contributed by atoms with Crippen molar-refractivity contribution >= 4 is 5.78 Å². The van der Waals surface area contributed by atoms with Crippen LogP contribution in [0.2, 0.25) is 0 Å². The number of Topliss-reactive ketones (excluding diaryl/α,β-unsaturated/α-hetero) is 1. The van der Waals surface area contributed by atoms with Crippen LogP contribution in [0, 0.1) is 56.7 Å². The second-order valence-electron chi connectivity index (χ2n) is 4.26. The van der Waals surface area contributed by atoms with Gasteiger partial charge in [0.05, 0.1) is 30.9 Å². The number of hydrogen-bond donors (Lipinski definition) is 5. The summed E-state index contributed by atoms with van der Waals surface area (Å²) < 4.78 is 0. The maximum absolute atomic E-state index is 12.0. The summed E-state index contributed by atoms with van der Waals surface area (Å²) in [4.78, 5) is 12.0. The molecule has 0 bridgehead atoms. The highest BCUT2D eigenvalue weighted by Crippen LogP contribution is 2.29. The third-order valence-corrected chi connectivity index (χ3v) is 2.96. The molecule has 0 aliphatic heterocycles. The van der Waals surface area contributed by atoms with Gasteiger partial charge in [-0.15, -0.1) is 0 Å². The number of nitrogens with zero attached hydrogens (tertiary/aromatic N) is 4. The molecule has 10 heteroatoms. The summed E-state index contributed by atoms with van der Waals surface area (Å²) in [5.74, 6) is -3.72. The van der Waals surface area contributed by atoms with Gasteiger partial charge < -0.3 is 25.5 Å². The fourth-order valence-corrected chi connectivity index (χ4v) is 1.54. The van der Waals surface area contributed by atoms with Gasteiger partial charge in [0.25, 0.3) is 0 Å². The molecule has 0 unspecified atom stereocenters. The van der Waals surface area contributed by atoms with Crippen LogP contribution in [-0.4, -0.2) is 62.3 Å². The van der Waals surface area contributed by atoms with Crippen LogP contribution in [0.1, 0.15) is 0 Å². The van der Waals surface area contributed by atoms with Crippen molar-refractivity contribution in [1.29, 1.82) is 21.0 Å². The van der Waals surface area contributed by atoms with Crippen molar-refractivity contribution in [3.8, 4) is 24.3 Å². The lowest BCUT2D eigenvalue weighted by atomic mass is 9.72. The molecule has 0 amide bonds. The predicted molar refractivity (Wildman–Crippen MR) is 64.5 cm³/mol. The van der Waals surface area contributed by atoms with Crippen LogP contribution in [0.3, 0.4) is 0 Å². The molecule has 0 radical (unpaired) electrons. The highest BCUT2D eigenvalue weighted by molar-refractivity contribution is 5.95. The molecule has 0 spiro atoms. The molecule has 0 rings (SSSR count). The summed E-state index contributed by atoms with van der Waals surface area (Å²) in [5.41, 5.74) is -2.88. The standard InChI is InChI=1S/C12H12N4O6/c13-1-6(2-14)12(4-15,5-16)11(22)10(21)9(20)8(19)7(18)3-17/h6-10,17-21H,3H2/t7-,8-,9+,10-/m1/s1. The minimum absolute atomic E-state index is 1.00. The van der Waals surface area contributed by atoms with Gasteiger partial charge in [0, 0.05) is 0 Å². The van der Waals surface area contributed by atoms with E-state index in [0.29, 0.717) is 0 Å². The van der Waals surface area contributed by atoms with E-state index in [0.717, 1.165) is 12.1 Å². The molecule has 116 valence electrons. The van der Waals surface area contributed by atoms with Crippen LogP contribution in [0.5, 0.6) is 0 Å². The van der Waals surface area contributed by atoms with E-state index in [1.807, 2.05) is 0 Å². The van der Waals surface area contributed by atoms with E-state index in [1.165, 1.54) is 12.1 Å². The quantitative estimate of drug-likeness (QED) is 0.315. The fourth-order valence-electron chi connectivity index (χ4n) is 1.54. The number of ketones is 1. The van der Waals surface area contributed by atoms with Crippen LogP contribution < -0.4 is 0 Å². The van der Waals surface area contributed by atoms with Gasteiger partial charge in [0.1, 0.15) is 24.4 Å². The molecular weight excluding hydrogens is 296 g/mol.